The van der Waals surface area contributed by atoms with Crippen LogP contribution in [0.1, 0.15) is 36.7 Å². The summed E-state index contributed by atoms with van der Waals surface area (Å²) in [5.41, 5.74) is -1.23. The number of nitrogens with zero attached hydrogens (tertiary/aromatic N) is 2. The summed E-state index contributed by atoms with van der Waals surface area (Å²) in [6.45, 7) is 6.29. The molecule has 0 unspecified atom stereocenters. The molecule has 0 bridgehead atoms. The Hall–Kier alpha value is -2.58. The molecule has 0 radical (unpaired) electrons. The summed E-state index contributed by atoms with van der Waals surface area (Å²) in [6, 6.07) is 4.07. The Labute approximate surface area is 161 Å². The molecule has 1 saturated heterocycles. The molecule has 9 heteroatoms. The number of halogens is 3. The van der Waals surface area contributed by atoms with Crippen LogP contribution >= 0.6 is 0 Å². The van der Waals surface area contributed by atoms with Gasteiger partial charge in [-0.25, -0.2) is 0 Å². The fourth-order valence-electron chi connectivity index (χ4n) is 2.68. The summed E-state index contributed by atoms with van der Waals surface area (Å²) >= 11 is 0. The molecule has 1 aliphatic heterocycles. The van der Waals surface area contributed by atoms with Gasteiger partial charge in [0.05, 0.1) is 12.1 Å². The third-order valence-corrected chi connectivity index (χ3v) is 4.46. The van der Waals surface area contributed by atoms with E-state index in [0.717, 1.165) is 24.3 Å². The van der Waals surface area contributed by atoms with E-state index in [4.69, 9.17) is 0 Å². The summed E-state index contributed by atoms with van der Waals surface area (Å²) in [6.07, 6.45) is -4.45. The van der Waals surface area contributed by atoms with Gasteiger partial charge in [0, 0.05) is 37.2 Å². The number of rotatable bonds is 3. The fraction of sp³-hybridized carbons (Fsp3) is 0.526. The predicted molar refractivity (Wildman–Crippen MR) is 96.4 cm³/mol. The molecule has 3 amide bonds. The van der Waals surface area contributed by atoms with Gasteiger partial charge in [-0.05, 0) is 24.3 Å². The van der Waals surface area contributed by atoms with Gasteiger partial charge in [-0.3, -0.25) is 14.4 Å². The van der Waals surface area contributed by atoms with Crippen LogP contribution in [0.25, 0.3) is 0 Å². The van der Waals surface area contributed by atoms with Gasteiger partial charge in [0.1, 0.15) is 0 Å². The van der Waals surface area contributed by atoms with Crippen LogP contribution in [0, 0.1) is 5.41 Å². The van der Waals surface area contributed by atoms with Crippen molar-refractivity contribution >= 4 is 17.7 Å². The highest BCUT2D eigenvalue weighted by Crippen LogP contribution is 2.29. The first kappa shape index (κ1) is 21.7. The van der Waals surface area contributed by atoms with Gasteiger partial charge in [-0.2, -0.15) is 13.2 Å². The molecule has 28 heavy (non-hydrogen) atoms. The molecule has 0 saturated carbocycles. The molecule has 0 aromatic heterocycles. The second-order valence-corrected chi connectivity index (χ2v) is 7.68. The molecule has 1 fully saturated rings. The van der Waals surface area contributed by atoms with Gasteiger partial charge in [-0.15, -0.1) is 0 Å². The molecule has 0 spiro atoms. The fourth-order valence-corrected chi connectivity index (χ4v) is 2.68. The second kappa shape index (κ2) is 8.20. The number of benzene rings is 1. The molecular weight excluding hydrogens is 375 g/mol. The summed E-state index contributed by atoms with van der Waals surface area (Å²) in [5.74, 6) is -0.835. The number of alkyl halides is 3. The van der Waals surface area contributed by atoms with Crippen LogP contribution in [0.2, 0.25) is 0 Å². The Morgan fingerprint density at radius 3 is 1.89 bits per heavy atom. The molecule has 1 heterocycles. The Balaban J connectivity index is 1.86. The molecule has 1 aromatic carbocycles. The van der Waals surface area contributed by atoms with Gasteiger partial charge >= 0.3 is 6.18 Å². The van der Waals surface area contributed by atoms with Crippen molar-refractivity contribution < 1.29 is 27.6 Å². The monoisotopic (exact) mass is 399 g/mol. The highest BCUT2D eigenvalue weighted by molar-refractivity contribution is 5.94. The van der Waals surface area contributed by atoms with Crippen molar-refractivity contribution in [2.45, 2.75) is 26.9 Å². The first-order chi connectivity index (χ1) is 12.9. The van der Waals surface area contributed by atoms with E-state index in [-0.39, 0.29) is 42.9 Å². The van der Waals surface area contributed by atoms with Crippen molar-refractivity contribution in [3.63, 3.8) is 0 Å². The Kier molecular flexibility index (Phi) is 6.36. The predicted octanol–water partition coefficient (Wildman–Crippen LogP) is 2.15. The number of hydrogen-bond acceptors (Lipinski definition) is 3. The maximum atomic E-state index is 12.6. The van der Waals surface area contributed by atoms with Crippen LogP contribution < -0.4 is 5.32 Å². The van der Waals surface area contributed by atoms with Crippen LogP contribution in [-0.2, 0) is 15.8 Å². The standard InChI is InChI=1S/C19H24F3N3O3/c1-18(2,3)17(28)23-12-15(26)24-8-10-25(11-9-24)16(27)13-4-6-14(7-5-13)19(20,21)22/h4-7H,8-12H2,1-3H3,(H,23,28). The third kappa shape index (κ3) is 5.46. The van der Waals surface area contributed by atoms with Crippen molar-refractivity contribution in [1.82, 2.24) is 15.1 Å². The highest BCUT2D eigenvalue weighted by atomic mass is 19.4. The topological polar surface area (TPSA) is 69.7 Å². The van der Waals surface area contributed by atoms with Crippen LogP contribution in [0.4, 0.5) is 13.2 Å². The maximum absolute atomic E-state index is 12.6. The van der Waals surface area contributed by atoms with E-state index >= 15 is 0 Å². The molecule has 154 valence electrons. The summed E-state index contributed by atoms with van der Waals surface area (Å²) < 4.78 is 37.8. The van der Waals surface area contributed by atoms with Gasteiger partial charge < -0.3 is 15.1 Å². The molecule has 1 aromatic rings. The van der Waals surface area contributed by atoms with E-state index in [1.165, 1.54) is 4.90 Å². The number of carbonyl (C=O) groups is 3. The molecule has 0 aliphatic carbocycles. The van der Waals surface area contributed by atoms with Crippen LogP contribution in [0.5, 0.6) is 0 Å². The Morgan fingerprint density at radius 1 is 0.929 bits per heavy atom. The van der Waals surface area contributed by atoms with Crippen LogP contribution in [0.3, 0.4) is 0 Å². The SMILES string of the molecule is CC(C)(C)C(=O)NCC(=O)N1CCN(C(=O)c2ccc(C(F)(F)F)cc2)CC1. The molecule has 1 aliphatic rings. The second-order valence-electron chi connectivity index (χ2n) is 7.68. The molecule has 0 atom stereocenters. The van der Waals surface area contributed by atoms with E-state index < -0.39 is 17.2 Å². The van der Waals surface area contributed by atoms with Gasteiger partial charge in [0.15, 0.2) is 0 Å². The van der Waals surface area contributed by atoms with Gasteiger partial charge in [0.2, 0.25) is 11.8 Å². The first-order valence-electron chi connectivity index (χ1n) is 8.92. The number of amides is 3. The van der Waals surface area contributed by atoms with Crippen molar-refractivity contribution in [3.8, 4) is 0 Å². The van der Waals surface area contributed by atoms with E-state index in [1.807, 2.05) is 0 Å². The van der Waals surface area contributed by atoms with Crippen LogP contribution in [0.15, 0.2) is 24.3 Å². The molecule has 1 N–H and O–H groups in total. The number of nitrogens with one attached hydrogen (secondary N) is 1. The molecular formula is C19H24F3N3O3. The largest absolute Gasteiger partial charge is 0.416 e. The lowest BCUT2D eigenvalue weighted by atomic mass is 9.96. The summed E-state index contributed by atoms with van der Waals surface area (Å²) in [7, 11) is 0. The van der Waals surface area contributed by atoms with Crippen molar-refractivity contribution in [1.29, 1.82) is 0 Å². The summed E-state index contributed by atoms with van der Waals surface area (Å²) in [5, 5.41) is 2.59. The summed E-state index contributed by atoms with van der Waals surface area (Å²) in [4.78, 5) is 39.5. The lowest BCUT2D eigenvalue weighted by molar-refractivity contribution is -0.137. The average Bonchev–Trinajstić information content (AvgIpc) is 2.64. The van der Waals surface area contributed by atoms with Crippen molar-refractivity contribution in [2.24, 2.45) is 5.41 Å². The minimum absolute atomic E-state index is 0.108. The van der Waals surface area contributed by atoms with Crippen molar-refractivity contribution in [2.75, 3.05) is 32.7 Å². The van der Waals surface area contributed by atoms with Crippen LogP contribution in [-0.4, -0.2) is 60.2 Å². The Morgan fingerprint density at radius 2 is 1.43 bits per heavy atom. The minimum Gasteiger partial charge on any atom is -0.347 e. The lowest BCUT2D eigenvalue weighted by Crippen LogP contribution is -2.53. The average molecular weight is 399 g/mol. The first-order valence-corrected chi connectivity index (χ1v) is 8.92. The zero-order chi connectivity index (χ0) is 21.1. The smallest absolute Gasteiger partial charge is 0.347 e. The van der Waals surface area contributed by atoms with Gasteiger partial charge in [-0.1, -0.05) is 20.8 Å². The quantitative estimate of drug-likeness (QED) is 0.847. The maximum Gasteiger partial charge on any atom is 0.416 e. The van der Waals surface area contributed by atoms with E-state index in [9.17, 15) is 27.6 Å². The molecule has 2 rings (SSSR count). The van der Waals surface area contributed by atoms with E-state index in [1.54, 1.807) is 25.7 Å². The number of piperazine rings is 1. The lowest BCUT2D eigenvalue weighted by Gasteiger charge is -2.35. The normalized spacial score (nSPS) is 15.4. The zero-order valence-corrected chi connectivity index (χ0v) is 16.1. The zero-order valence-electron chi connectivity index (χ0n) is 16.1. The van der Waals surface area contributed by atoms with E-state index in [0.29, 0.717) is 13.1 Å². The minimum atomic E-state index is -4.45. The number of carbonyl (C=O) groups excluding carboxylic acids is 3. The van der Waals surface area contributed by atoms with E-state index in [2.05, 4.69) is 5.32 Å². The third-order valence-electron chi connectivity index (χ3n) is 4.46. The number of hydrogen-bond donors (Lipinski definition) is 1. The van der Waals surface area contributed by atoms with Crippen molar-refractivity contribution in [3.05, 3.63) is 35.4 Å². The molecule has 6 nitrogen and oxygen atoms in total. The van der Waals surface area contributed by atoms with Gasteiger partial charge in [0.25, 0.3) is 5.91 Å². The Bertz CT molecular complexity index is 732. The highest BCUT2D eigenvalue weighted by Gasteiger charge is 2.31.